The van der Waals surface area contributed by atoms with Gasteiger partial charge in [0.2, 0.25) is 0 Å². The first kappa shape index (κ1) is 16.6. The molecule has 0 radical (unpaired) electrons. The summed E-state index contributed by atoms with van der Waals surface area (Å²) < 4.78 is 1.91. The maximum atomic E-state index is 12.8. The van der Waals surface area contributed by atoms with Gasteiger partial charge in [-0.15, -0.1) is 0 Å². The van der Waals surface area contributed by atoms with Crippen LogP contribution in [0.3, 0.4) is 0 Å². The summed E-state index contributed by atoms with van der Waals surface area (Å²) in [6.45, 7) is 0. The Balaban J connectivity index is 1.52. The lowest BCUT2D eigenvalue weighted by molar-refractivity contribution is 0.102. The fraction of sp³-hybridized carbons (Fsp3) is 0. The van der Waals surface area contributed by atoms with Crippen LogP contribution in [0.4, 0.5) is 17.1 Å². The van der Waals surface area contributed by atoms with Gasteiger partial charge >= 0.3 is 0 Å². The minimum absolute atomic E-state index is 0.163. The number of imidazole rings is 1. The van der Waals surface area contributed by atoms with Crippen LogP contribution in [0.25, 0.3) is 5.69 Å². The van der Waals surface area contributed by atoms with Gasteiger partial charge in [-0.25, -0.2) is 4.98 Å². The van der Waals surface area contributed by atoms with Crippen molar-refractivity contribution in [1.29, 1.82) is 0 Å². The van der Waals surface area contributed by atoms with Crippen molar-refractivity contribution < 1.29 is 4.79 Å². The lowest BCUT2D eigenvalue weighted by Crippen LogP contribution is -2.13. The van der Waals surface area contributed by atoms with Gasteiger partial charge in [-0.3, -0.25) is 4.79 Å². The molecule has 1 amide bonds. The summed E-state index contributed by atoms with van der Waals surface area (Å²) in [7, 11) is 0. The normalized spacial score (nSPS) is 10.4. The van der Waals surface area contributed by atoms with Crippen LogP contribution < -0.4 is 10.6 Å². The smallest absolute Gasteiger partial charge is 0.257 e. The first-order chi connectivity index (χ1) is 13.3. The van der Waals surface area contributed by atoms with E-state index >= 15 is 0 Å². The fourth-order valence-corrected chi connectivity index (χ4v) is 2.79. The molecule has 2 N–H and O–H groups in total. The molecule has 0 aliphatic heterocycles. The molecule has 132 valence electrons. The Hall–Kier alpha value is -3.86. The SMILES string of the molecule is O=C(Nc1ccc(-n2ccnc2)cc1)c1ccccc1Nc1ccccc1. The van der Waals surface area contributed by atoms with Crippen molar-refractivity contribution in [3.8, 4) is 5.69 Å². The van der Waals surface area contributed by atoms with Gasteiger partial charge in [0, 0.05) is 29.5 Å². The molecule has 0 aliphatic carbocycles. The van der Waals surface area contributed by atoms with Crippen LogP contribution in [0.5, 0.6) is 0 Å². The quantitative estimate of drug-likeness (QED) is 0.538. The second-order valence-corrected chi connectivity index (χ2v) is 6.01. The molecule has 27 heavy (non-hydrogen) atoms. The van der Waals surface area contributed by atoms with Gasteiger partial charge in [0.15, 0.2) is 0 Å². The molecule has 5 heteroatoms. The molecule has 0 atom stereocenters. The maximum Gasteiger partial charge on any atom is 0.257 e. The van der Waals surface area contributed by atoms with Gasteiger partial charge in [0.05, 0.1) is 17.6 Å². The summed E-state index contributed by atoms with van der Waals surface area (Å²) >= 11 is 0. The summed E-state index contributed by atoms with van der Waals surface area (Å²) in [5.41, 5.74) is 3.99. The number of benzene rings is 3. The molecule has 0 unspecified atom stereocenters. The topological polar surface area (TPSA) is 59.0 Å². The number of nitrogens with zero attached hydrogens (tertiary/aromatic N) is 2. The van der Waals surface area contributed by atoms with Crippen LogP contribution in [-0.2, 0) is 0 Å². The maximum absolute atomic E-state index is 12.8. The molecule has 4 aromatic rings. The van der Waals surface area contributed by atoms with E-state index in [4.69, 9.17) is 0 Å². The monoisotopic (exact) mass is 354 g/mol. The Morgan fingerprint density at radius 2 is 1.56 bits per heavy atom. The average Bonchev–Trinajstić information content (AvgIpc) is 3.25. The molecule has 1 heterocycles. The highest BCUT2D eigenvalue weighted by molar-refractivity contribution is 6.08. The van der Waals surface area contributed by atoms with E-state index in [-0.39, 0.29) is 5.91 Å². The largest absolute Gasteiger partial charge is 0.355 e. The van der Waals surface area contributed by atoms with Gasteiger partial charge in [0.1, 0.15) is 0 Å². The van der Waals surface area contributed by atoms with E-state index in [1.807, 2.05) is 83.6 Å². The average molecular weight is 354 g/mol. The molecule has 5 nitrogen and oxygen atoms in total. The third kappa shape index (κ3) is 3.88. The minimum Gasteiger partial charge on any atom is -0.355 e. The number of aromatic nitrogens is 2. The van der Waals surface area contributed by atoms with Crippen LogP contribution in [-0.4, -0.2) is 15.5 Å². The van der Waals surface area contributed by atoms with Gasteiger partial charge in [-0.05, 0) is 48.5 Å². The molecule has 0 bridgehead atoms. The predicted molar refractivity (Wildman–Crippen MR) is 108 cm³/mol. The molecule has 0 saturated carbocycles. The molecule has 3 aromatic carbocycles. The summed E-state index contributed by atoms with van der Waals surface area (Å²) in [6, 6.07) is 24.9. The van der Waals surface area contributed by atoms with Crippen LogP contribution in [0.2, 0.25) is 0 Å². The van der Waals surface area contributed by atoms with E-state index in [0.29, 0.717) is 5.56 Å². The van der Waals surface area contributed by atoms with Gasteiger partial charge in [-0.2, -0.15) is 0 Å². The Bertz CT molecular complexity index is 1030. The van der Waals surface area contributed by atoms with E-state index in [1.54, 1.807) is 18.6 Å². The van der Waals surface area contributed by atoms with Gasteiger partial charge in [0.25, 0.3) is 5.91 Å². The van der Waals surface area contributed by atoms with Gasteiger partial charge in [-0.1, -0.05) is 30.3 Å². The van der Waals surface area contributed by atoms with Gasteiger partial charge < -0.3 is 15.2 Å². The summed E-state index contributed by atoms with van der Waals surface area (Å²) in [5.74, 6) is -0.163. The number of rotatable bonds is 5. The minimum atomic E-state index is -0.163. The number of hydrogen-bond donors (Lipinski definition) is 2. The second-order valence-electron chi connectivity index (χ2n) is 6.01. The van der Waals surface area contributed by atoms with E-state index < -0.39 is 0 Å². The van der Waals surface area contributed by atoms with Crippen LogP contribution in [0, 0.1) is 0 Å². The number of carbonyl (C=O) groups excluding carboxylic acids is 1. The number of anilines is 3. The van der Waals surface area contributed by atoms with Crippen LogP contribution in [0.1, 0.15) is 10.4 Å². The van der Waals surface area contributed by atoms with Crippen molar-refractivity contribution in [2.24, 2.45) is 0 Å². The standard InChI is InChI=1S/C22H18N4O/c27-22(25-18-10-12-19(13-11-18)26-15-14-23-16-26)20-8-4-5-9-21(20)24-17-6-2-1-3-7-17/h1-16,24H,(H,25,27). The van der Waals surface area contributed by atoms with Crippen molar-refractivity contribution in [2.45, 2.75) is 0 Å². The zero-order chi connectivity index (χ0) is 18.5. The van der Waals surface area contributed by atoms with Crippen LogP contribution in [0.15, 0.2) is 97.6 Å². The van der Waals surface area contributed by atoms with E-state index in [9.17, 15) is 4.79 Å². The van der Waals surface area contributed by atoms with E-state index in [1.165, 1.54) is 0 Å². The van der Waals surface area contributed by atoms with E-state index in [0.717, 1.165) is 22.7 Å². The zero-order valence-electron chi connectivity index (χ0n) is 14.5. The van der Waals surface area contributed by atoms with Crippen molar-refractivity contribution >= 4 is 23.0 Å². The molecule has 0 fully saturated rings. The molecular formula is C22H18N4O. The second kappa shape index (κ2) is 7.58. The molecule has 0 saturated heterocycles. The Kier molecular flexibility index (Phi) is 4.66. The third-order valence-corrected chi connectivity index (χ3v) is 4.15. The molecule has 0 aliphatic rings. The highest BCUT2D eigenvalue weighted by Gasteiger charge is 2.11. The fourth-order valence-electron chi connectivity index (χ4n) is 2.79. The predicted octanol–water partition coefficient (Wildman–Crippen LogP) is 4.87. The molecule has 1 aromatic heterocycles. The Morgan fingerprint density at radius 1 is 0.815 bits per heavy atom. The Morgan fingerprint density at radius 3 is 2.30 bits per heavy atom. The highest BCUT2D eigenvalue weighted by Crippen LogP contribution is 2.22. The number of para-hydroxylation sites is 2. The number of amides is 1. The van der Waals surface area contributed by atoms with Crippen molar-refractivity contribution in [1.82, 2.24) is 9.55 Å². The lowest BCUT2D eigenvalue weighted by atomic mass is 10.1. The van der Waals surface area contributed by atoms with Crippen molar-refractivity contribution in [2.75, 3.05) is 10.6 Å². The number of nitrogens with one attached hydrogen (secondary N) is 2. The van der Waals surface area contributed by atoms with E-state index in [2.05, 4.69) is 15.6 Å². The lowest BCUT2D eigenvalue weighted by Gasteiger charge is -2.12. The Labute approximate surface area is 157 Å². The van der Waals surface area contributed by atoms with Crippen molar-refractivity contribution in [3.05, 3.63) is 103 Å². The summed E-state index contributed by atoms with van der Waals surface area (Å²) in [5, 5.41) is 6.25. The van der Waals surface area contributed by atoms with Crippen molar-refractivity contribution in [3.63, 3.8) is 0 Å². The highest BCUT2D eigenvalue weighted by atomic mass is 16.1. The van der Waals surface area contributed by atoms with Crippen LogP contribution >= 0.6 is 0 Å². The molecular weight excluding hydrogens is 336 g/mol. The molecule has 0 spiro atoms. The molecule has 4 rings (SSSR count). The first-order valence-corrected chi connectivity index (χ1v) is 8.60. The summed E-state index contributed by atoms with van der Waals surface area (Å²) in [6.07, 6.45) is 5.34. The zero-order valence-corrected chi connectivity index (χ0v) is 14.5. The summed E-state index contributed by atoms with van der Waals surface area (Å²) in [4.78, 5) is 16.8. The number of hydrogen-bond acceptors (Lipinski definition) is 3. The number of carbonyl (C=O) groups is 1. The third-order valence-electron chi connectivity index (χ3n) is 4.15. The first-order valence-electron chi connectivity index (χ1n) is 8.60.